The lowest BCUT2D eigenvalue weighted by molar-refractivity contribution is -0.142. The predicted molar refractivity (Wildman–Crippen MR) is 87.5 cm³/mol. The van der Waals surface area contributed by atoms with Gasteiger partial charge in [0, 0.05) is 18.4 Å². The zero-order chi connectivity index (χ0) is 17.2. The molecule has 0 aliphatic rings. The van der Waals surface area contributed by atoms with Crippen molar-refractivity contribution in [2.45, 2.75) is 27.2 Å². The number of rotatable bonds is 7. The van der Waals surface area contributed by atoms with E-state index in [9.17, 15) is 9.59 Å². The molecule has 0 radical (unpaired) electrons. The van der Waals surface area contributed by atoms with Crippen LogP contribution >= 0.6 is 0 Å². The summed E-state index contributed by atoms with van der Waals surface area (Å²) in [6, 6.07) is 7.41. The number of nitriles is 1. The lowest BCUT2D eigenvalue weighted by Gasteiger charge is -2.10. The molecule has 0 aromatic heterocycles. The summed E-state index contributed by atoms with van der Waals surface area (Å²) in [5, 5.41) is 14.6. The van der Waals surface area contributed by atoms with Crippen LogP contribution in [0.5, 0.6) is 0 Å². The van der Waals surface area contributed by atoms with Crippen molar-refractivity contribution in [2.75, 3.05) is 18.5 Å². The van der Waals surface area contributed by atoms with Crippen LogP contribution in [0.2, 0.25) is 0 Å². The number of nitrogens with one attached hydrogen (secondary N) is 2. The Hall–Kier alpha value is -2.81. The Labute approximate surface area is 136 Å². The third-order valence-electron chi connectivity index (χ3n) is 3.24. The summed E-state index contributed by atoms with van der Waals surface area (Å²) in [7, 11) is 0. The van der Waals surface area contributed by atoms with Crippen molar-refractivity contribution in [2.24, 2.45) is 0 Å². The molecule has 0 fully saturated rings. The molecule has 1 rings (SSSR count). The maximum atomic E-state index is 12.1. The van der Waals surface area contributed by atoms with E-state index in [1.165, 1.54) is 6.20 Å². The molecule has 0 atom stereocenters. The minimum Gasteiger partial charge on any atom is -0.466 e. The van der Waals surface area contributed by atoms with Crippen LogP contribution in [0.25, 0.3) is 0 Å². The van der Waals surface area contributed by atoms with Crippen LogP contribution in [0.4, 0.5) is 5.69 Å². The molecule has 2 N–H and O–H groups in total. The van der Waals surface area contributed by atoms with E-state index in [0.717, 1.165) is 11.1 Å². The Balaban J connectivity index is 2.61. The van der Waals surface area contributed by atoms with Crippen molar-refractivity contribution >= 4 is 17.6 Å². The van der Waals surface area contributed by atoms with Gasteiger partial charge in [0.05, 0.1) is 13.0 Å². The van der Waals surface area contributed by atoms with Crippen molar-refractivity contribution in [3.8, 4) is 6.07 Å². The number of anilines is 1. The first kappa shape index (κ1) is 18.2. The number of amides is 1. The second-order valence-corrected chi connectivity index (χ2v) is 4.88. The van der Waals surface area contributed by atoms with Crippen molar-refractivity contribution in [1.29, 1.82) is 5.26 Å². The van der Waals surface area contributed by atoms with Crippen LogP contribution in [-0.4, -0.2) is 25.0 Å². The molecule has 0 aliphatic carbocycles. The molecule has 6 heteroatoms. The molecule has 0 heterocycles. The van der Waals surface area contributed by atoms with Crippen LogP contribution in [-0.2, 0) is 14.3 Å². The molecule has 1 amide bonds. The molecular weight excluding hydrogens is 294 g/mol. The van der Waals surface area contributed by atoms with Gasteiger partial charge in [-0.3, -0.25) is 9.59 Å². The summed E-state index contributed by atoms with van der Waals surface area (Å²) in [5.41, 5.74) is 2.61. The number of carbonyl (C=O) groups excluding carboxylic acids is 2. The van der Waals surface area contributed by atoms with Crippen LogP contribution in [0.1, 0.15) is 24.5 Å². The van der Waals surface area contributed by atoms with Gasteiger partial charge >= 0.3 is 5.97 Å². The number of hydrogen-bond acceptors (Lipinski definition) is 5. The van der Waals surface area contributed by atoms with E-state index >= 15 is 0 Å². The van der Waals surface area contributed by atoms with Crippen LogP contribution in [0.3, 0.4) is 0 Å². The lowest BCUT2D eigenvalue weighted by atomic mass is 10.1. The molecule has 0 saturated heterocycles. The number of benzene rings is 1. The highest BCUT2D eigenvalue weighted by atomic mass is 16.5. The zero-order valence-corrected chi connectivity index (χ0v) is 13.6. The largest absolute Gasteiger partial charge is 0.466 e. The van der Waals surface area contributed by atoms with Crippen molar-refractivity contribution < 1.29 is 14.3 Å². The number of hydrogen-bond donors (Lipinski definition) is 2. The topological polar surface area (TPSA) is 91.2 Å². The first-order chi connectivity index (χ1) is 11.0. The van der Waals surface area contributed by atoms with Gasteiger partial charge in [0.25, 0.3) is 5.91 Å². The number of nitrogens with zero attached hydrogens (tertiary/aromatic N) is 1. The van der Waals surface area contributed by atoms with E-state index in [4.69, 9.17) is 10.00 Å². The highest BCUT2D eigenvalue weighted by Crippen LogP contribution is 2.18. The van der Waals surface area contributed by atoms with E-state index in [1.54, 1.807) is 13.0 Å². The summed E-state index contributed by atoms with van der Waals surface area (Å²) in [4.78, 5) is 23.3. The molecule has 6 nitrogen and oxygen atoms in total. The van der Waals surface area contributed by atoms with E-state index in [-0.39, 0.29) is 18.0 Å². The van der Waals surface area contributed by atoms with E-state index in [2.05, 4.69) is 10.6 Å². The second kappa shape index (κ2) is 9.26. The van der Waals surface area contributed by atoms with Crippen molar-refractivity contribution in [3.63, 3.8) is 0 Å². The fourth-order valence-corrected chi connectivity index (χ4v) is 1.81. The van der Waals surface area contributed by atoms with Gasteiger partial charge in [-0.15, -0.1) is 0 Å². The van der Waals surface area contributed by atoms with Crippen molar-refractivity contribution in [1.82, 2.24) is 5.32 Å². The Morgan fingerprint density at radius 1 is 1.35 bits per heavy atom. The average Bonchev–Trinajstić information content (AvgIpc) is 2.52. The predicted octanol–water partition coefficient (Wildman–Crippen LogP) is 2.19. The Morgan fingerprint density at radius 2 is 2.09 bits per heavy atom. The molecule has 1 aromatic carbocycles. The fourth-order valence-electron chi connectivity index (χ4n) is 1.81. The minimum absolute atomic E-state index is 0.0604. The highest BCUT2D eigenvalue weighted by Gasteiger charge is 2.11. The molecule has 1 aromatic rings. The van der Waals surface area contributed by atoms with Crippen molar-refractivity contribution in [3.05, 3.63) is 41.1 Å². The van der Waals surface area contributed by atoms with Gasteiger partial charge < -0.3 is 15.4 Å². The second-order valence-electron chi connectivity index (χ2n) is 4.88. The maximum absolute atomic E-state index is 12.1. The van der Waals surface area contributed by atoms with Crippen LogP contribution in [0, 0.1) is 25.2 Å². The van der Waals surface area contributed by atoms with Gasteiger partial charge in [0.15, 0.2) is 0 Å². The quantitative estimate of drug-likeness (QED) is 0.348. The molecule has 0 saturated carbocycles. The van der Waals surface area contributed by atoms with Crippen LogP contribution < -0.4 is 10.6 Å². The molecule has 23 heavy (non-hydrogen) atoms. The van der Waals surface area contributed by atoms with Gasteiger partial charge in [-0.25, -0.2) is 0 Å². The summed E-state index contributed by atoms with van der Waals surface area (Å²) in [6.45, 7) is 6.20. The Bertz CT molecular complexity index is 645. The molecule has 0 bridgehead atoms. The average molecular weight is 315 g/mol. The number of esters is 1. The Morgan fingerprint density at radius 3 is 2.74 bits per heavy atom. The highest BCUT2D eigenvalue weighted by molar-refractivity contribution is 6.06. The van der Waals surface area contributed by atoms with E-state index < -0.39 is 5.91 Å². The van der Waals surface area contributed by atoms with Gasteiger partial charge in [-0.1, -0.05) is 12.1 Å². The molecule has 0 spiro atoms. The summed E-state index contributed by atoms with van der Waals surface area (Å²) < 4.78 is 4.78. The standard InChI is InChI=1S/C17H21N3O3/c1-4-23-16(21)8-9-19-11-14(10-18)17(22)20-15-7-5-6-12(2)13(15)3/h5-7,11,19H,4,8-9H2,1-3H3,(H,20,22)/b14-11-. The normalized spacial score (nSPS) is 10.6. The summed E-state index contributed by atoms with van der Waals surface area (Å²) in [5.74, 6) is -0.823. The van der Waals surface area contributed by atoms with E-state index in [1.807, 2.05) is 32.0 Å². The van der Waals surface area contributed by atoms with Crippen LogP contribution in [0.15, 0.2) is 30.0 Å². The first-order valence-electron chi connectivity index (χ1n) is 7.36. The monoisotopic (exact) mass is 315 g/mol. The number of carbonyl (C=O) groups is 2. The smallest absolute Gasteiger partial charge is 0.307 e. The van der Waals surface area contributed by atoms with Gasteiger partial charge in [0.1, 0.15) is 11.6 Å². The summed E-state index contributed by atoms with van der Waals surface area (Å²) >= 11 is 0. The zero-order valence-electron chi connectivity index (χ0n) is 13.6. The molecule has 0 aliphatic heterocycles. The lowest BCUT2D eigenvalue weighted by Crippen LogP contribution is -2.19. The maximum Gasteiger partial charge on any atom is 0.307 e. The third-order valence-corrected chi connectivity index (χ3v) is 3.24. The van der Waals surface area contributed by atoms with E-state index in [0.29, 0.717) is 18.8 Å². The van der Waals surface area contributed by atoms with Gasteiger partial charge in [-0.05, 0) is 38.0 Å². The summed E-state index contributed by atoms with van der Waals surface area (Å²) in [6.07, 6.45) is 1.47. The van der Waals surface area contributed by atoms with Gasteiger partial charge in [0.2, 0.25) is 0 Å². The number of aryl methyl sites for hydroxylation is 1. The fraction of sp³-hybridized carbons (Fsp3) is 0.353. The minimum atomic E-state index is -0.496. The number of ether oxygens (including phenoxy) is 1. The Kier molecular flexibility index (Phi) is 7.34. The third kappa shape index (κ3) is 5.83. The first-order valence-corrected chi connectivity index (χ1v) is 7.36. The molecule has 0 unspecified atom stereocenters. The SMILES string of the molecule is CCOC(=O)CCN/C=C(/C#N)C(=O)Nc1cccc(C)c1C. The molecular formula is C17H21N3O3. The van der Waals surface area contributed by atoms with Gasteiger partial charge in [-0.2, -0.15) is 5.26 Å². The molecule has 122 valence electrons.